The molecule has 1 aromatic carbocycles. The SMILES string of the molecule is O=C1Cc2cc(NCCS)ccc2N1. The van der Waals surface area contributed by atoms with E-state index in [1.807, 2.05) is 18.2 Å². The van der Waals surface area contributed by atoms with E-state index in [1.165, 1.54) is 0 Å². The van der Waals surface area contributed by atoms with Crippen molar-refractivity contribution in [3.8, 4) is 0 Å². The van der Waals surface area contributed by atoms with Crippen LogP contribution in [-0.4, -0.2) is 18.2 Å². The third-order valence-corrected chi connectivity index (χ3v) is 2.39. The molecule has 4 heteroatoms. The van der Waals surface area contributed by atoms with Crippen molar-refractivity contribution in [3.05, 3.63) is 23.8 Å². The second-order valence-electron chi connectivity index (χ2n) is 3.25. The maximum atomic E-state index is 11.1. The highest BCUT2D eigenvalue weighted by Crippen LogP contribution is 2.25. The number of carbonyl (C=O) groups excluding carboxylic acids is 1. The van der Waals surface area contributed by atoms with E-state index >= 15 is 0 Å². The van der Waals surface area contributed by atoms with Gasteiger partial charge in [0, 0.05) is 23.7 Å². The van der Waals surface area contributed by atoms with Gasteiger partial charge in [0.15, 0.2) is 0 Å². The van der Waals surface area contributed by atoms with E-state index in [0.29, 0.717) is 6.42 Å². The molecular weight excluding hydrogens is 196 g/mol. The number of amides is 1. The fraction of sp³-hybridized carbons (Fsp3) is 0.300. The van der Waals surface area contributed by atoms with E-state index in [0.717, 1.165) is 29.2 Å². The topological polar surface area (TPSA) is 41.1 Å². The minimum absolute atomic E-state index is 0.0753. The zero-order chi connectivity index (χ0) is 9.97. The Kier molecular flexibility index (Phi) is 2.63. The predicted octanol–water partition coefficient (Wildman–Crippen LogP) is 1.52. The van der Waals surface area contributed by atoms with Crippen LogP contribution in [0.5, 0.6) is 0 Å². The van der Waals surface area contributed by atoms with E-state index in [2.05, 4.69) is 23.3 Å². The van der Waals surface area contributed by atoms with Gasteiger partial charge in [-0.25, -0.2) is 0 Å². The van der Waals surface area contributed by atoms with Gasteiger partial charge in [-0.2, -0.15) is 12.6 Å². The third-order valence-electron chi connectivity index (χ3n) is 2.17. The van der Waals surface area contributed by atoms with Crippen molar-refractivity contribution in [2.24, 2.45) is 0 Å². The van der Waals surface area contributed by atoms with E-state index in [4.69, 9.17) is 0 Å². The average Bonchev–Trinajstić information content (AvgIpc) is 2.54. The standard InChI is InChI=1S/C10H12N2OS/c13-10-6-7-5-8(11-3-4-14)1-2-9(7)12-10/h1-2,5,11,14H,3-4,6H2,(H,12,13). The molecule has 1 amide bonds. The summed E-state index contributed by atoms with van der Waals surface area (Å²) >= 11 is 4.12. The maximum Gasteiger partial charge on any atom is 0.228 e. The van der Waals surface area contributed by atoms with Crippen molar-refractivity contribution in [2.45, 2.75) is 6.42 Å². The van der Waals surface area contributed by atoms with Gasteiger partial charge in [0.25, 0.3) is 0 Å². The zero-order valence-corrected chi connectivity index (χ0v) is 8.60. The lowest BCUT2D eigenvalue weighted by Crippen LogP contribution is -2.03. The number of hydrogen-bond donors (Lipinski definition) is 3. The molecule has 0 saturated heterocycles. The van der Waals surface area contributed by atoms with Crippen LogP contribution in [0.15, 0.2) is 18.2 Å². The van der Waals surface area contributed by atoms with Crippen LogP contribution in [0.1, 0.15) is 5.56 Å². The Labute approximate surface area is 88.3 Å². The summed E-state index contributed by atoms with van der Waals surface area (Å²) in [6, 6.07) is 5.91. The zero-order valence-electron chi connectivity index (χ0n) is 7.71. The molecule has 1 aliphatic heterocycles. The molecule has 0 aliphatic carbocycles. The van der Waals surface area contributed by atoms with Gasteiger partial charge < -0.3 is 10.6 Å². The highest BCUT2D eigenvalue weighted by Gasteiger charge is 2.16. The first-order valence-electron chi connectivity index (χ1n) is 4.57. The number of anilines is 2. The average molecular weight is 208 g/mol. The molecule has 2 rings (SSSR count). The fourth-order valence-electron chi connectivity index (χ4n) is 1.54. The van der Waals surface area contributed by atoms with Crippen LogP contribution in [0.2, 0.25) is 0 Å². The van der Waals surface area contributed by atoms with Crippen LogP contribution < -0.4 is 10.6 Å². The van der Waals surface area contributed by atoms with E-state index < -0.39 is 0 Å². The predicted molar refractivity (Wildman–Crippen MR) is 61.1 cm³/mol. The summed E-state index contributed by atoms with van der Waals surface area (Å²) in [4.78, 5) is 11.1. The summed E-state index contributed by atoms with van der Waals surface area (Å²) in [5.74, 6) is 0.875. The molecule has 2 N–H and O–H groups in total. The van der Waals surface area contributed by atoms with E-state index in [-0.39, 0.29) is 5.91 Å². The largest absolute Gasteiger partial charge is 0.384 e. The first-order chi connectivity index (χ1) is 6.79. The van der Waals surface area contributed by atoms with Crippen LogP contribution in [0.3, 0.4) is 0 Å². The van der Waals surface area contributed by atoms with E-state index in [1.54, 1.807) is 0 Å². The Balaban J connectivity index is 2.16. The van der Waals surface area contributed by atoms with Gasteiger partial charge in [0.1, 0.15) is 0 Å². The second kappa shape index (κ2) is 3.92. The molecule has 0 atom stereocenters. The molecule has 1 aromatic rings. The van der Waals surface area contributed by atoms with Gasteiger partial charge in [-0.1, -0.05) is 0 Å². The van der Waals surface area contributed by atoms with Crippen molar-refractivity contribution in [1.82, 2.24) is 0 Å². The first kappa shape index (κ1) is 9.40. The molecule has 0 saturated carbocycles. The second-order valence-corrected chi connectivity index (χ2v) is 3.69. The minimum Gasteiger partial charge on any atom is -0.384 e. The van der Waals surface area contributed by atoms with Gasteiger partial charge in [-0.3, -0.25) is 4.79 Å². The third kappa shape index (κ3) is 1.85. The Morgan fingerprint density at radius 2 is 2.36 bits per heavy atom. The summed E-state index contributed by atoms with van der Waals surface area (Å²) in [6.07, 6.45) is 0.492. The first-order valence-corrected chi connectivity index (χ1v) is 5.20. The van der Waals surface area contributed by atoms with Crippen molar-refractivity contribution < 1.29 is 4.79 Å². The van der Waals surface area contributed by atoms with Gasteiger partial charge >= 0.3 is 0 Å². The lowest BCUT2D eigenvalue weighted by molar-refractivity contribution is -0.115. The molecule has 0 spiro atoms. The highest BCUT2D eigenvalue weighted by atomic mass is 32.1. The van der Waals surface area contributed by atoms with Crippen LogP contribution in [-0.2, 0) is 11.2 Å². The molecule has 74 valence electrons. The molecule has 14 heavy (non-hydrogen) atoms. The van der Waals surface area contributed by atoms with Gasteiger partial charge in [-0.05, 0) is 23.8 Å². The van der Waals surface area contributed by atoms with Crippen molar-refractivity contribution in [1.29, 1.82) is 0 Å². The number of nitrogens with one attached hydrogen (secondary N) is 2. The Morgan fingerprint density at radius 1 is 1.50 bits per heavy atom. The van der Waals surface area contributed by atoms with Crippen LogP contribution >= 0.6 is 12.6 Å². The number of carbonyl (C=O) groups is 1. The summed E-state index contributed by atoms with van der Waals surface area (Å²) in [7, 11) is 0. The van der Waals surface area contributed by atoms with Crippen LogP contribution in [0, 0.1) is 0 Å². The molecule has 1 heterocycles. The van der Waals surface area contributed by atoms with Crippen molar-refractivity contribution in [3.63, 3.8) is 0 Å². The fourth-order valence-corrected chi connectivity index (χ4v) is 1.65. The molecule has 0 unspecified atom stereocenters. The Hall–Kier alpha value is -1.16. The van der Waals surface area contributed by atoms with Crippen LogP contribution in [0.4, 0.5) is 11.4 Å². The van der Waals surface area contributed by atoms with Crippen LogP contribution in [0.25, 0.3) is 0 Å². The number of hydrogen-bond acceptors (Lipinski definition) is 3. The molecule has 3 nitrogen and oxygen atoms in total. The maximum absolute atomic E-state index is 11.1. The lowest BCUT2D eigenvalue weighted by Gasteiger charge is -2.05. The molecule has 1 aliphatic rings. The molecule has 0 aromatic heterocycles. The monoisotopic (exact) mass is 208 g/mol. The summed E-state index contributed by atoms with van der Waals surface area (Å²) in [5, 5.41) is 6.02. The molecule has 0 radical (unpaired) electrons. The number of thiol groups is 1. The summed E-state index contributed by atoms with van der Waals surface area (Å²) < 4.78 is 0. The molecule has 0 fully saturated rings. The lowest BCUT2D eigenvalue weighted by atomic mass is 10.1. The van der Waals surface area contributed by atoms with Crippen molar-refractivity contribution >= 4 is 29.9 Å². The van der Waals surface area contributed by atoms with Gasteiger partial charge in [-0.15, -0.1) is 0 Å². The van der Waals surface area contributed by atoms with E-state index in [9.17, 15) is 4.79 Å². The Bertz CT molecular complexity index is 365. The number of fused-ring (bicyclic) bond motifs is 1. The summed E-state index contributed by atoms with van der Waals surface area (Å²) in [5.41, 5.74) is 3.06. The molecular formula is C10H12N2OS. The smallest absolute Gasteiger partial charge is 0.228 e. The van der Waals surface area contributed by atoms with Gasteiger partial charge in [0.2, 0.25) is 5.91 Å². The molecule has 0 bridgehead atoms. The summed E-state index contributed by atoms with van der Waals surface area (Å²) in [6.45, 7) is 0.837. The Morgan fingerprint density at radius 3 is 3.14 bits per heavy atom. The number of benzene rings is 1. The van der Waals surface area contributed by atoms with Crippen molar-refractivity contribution in [2.75, 3.05) is 22.9 Å². The highest BCUT2D eigenvalue weighted by molar-refractivity contribution is 7.80. The normalized spacial score (nSPS) is 13.6. The van der Waals surface area contributed by atoms with Gasteiger partial charge in [0.05, 0.1) is 6.42 Å². The quantitative estimate of drug-likeness (QED) is 0.659. The number of rotatable bonds is 3. The minimum atomic E-state index is 0.0753.